The number of hydrogen-bond donors (Lipinski definition) is 1. The van der Waals surface area contributed by atoms with Crippen LogP contribution in [0.2, 0.25) is 0 Å². The Bertz CT molecular complexity index is 174. The van der Waals surface area contributed by atoms with Crippen molar-refractivity contribution in [3.05, 3.63) is 0 Å². The summed E-state index contributed by atoms with van der Waals surface area (Å²) in [6.45, 7) is 4.06. The van der Waals surface area contributed by atoms with Gasteiger partial charge >= 0.3 is 5.97 Å². The summed E-state index contributed by atoms with van der Waals surface area (Å²) in [5, 5.41) is 3.07. The molecule has 1 rings (SSSR count). The fourth-order valence-corrected chi connectivity index (χ4v) is 2.18. The van der Waals surface area contributed by atoms with E-state index in [2.05, 4.69) is 9.84 Å². The number of thioether (sulfide) groups is 1. The van der Waals surface area contributed by atoms with E-state index in [1.165, 1.54) is 0 Å². The Morgan fingerprint density at radius 1 is 1.82 bits per heavy atom. The molecule has 3 nitrogen and oxygen atoms in total. The first-order valence-corrected chi connectivity index (χ1v) is 4.81. The van der Waals surface area contributed by atoms with Gasteiger partial charge in [-0.15, -0.1) is 11.8 Å². The average molecular weight is 193 g/mol. The highest BCUT2D eigenvalue weighted by Gasteiger charge is 2.40. The van der Waals surface area contributed by atoms with Crippen LogP contribution in [0.1, 0.15) is 13.8 Å². The highest BCUT2D eigenvalue weighted by Crippen LogP contribution is 2.33. The minimum absolute atomic E-state index is 0.0480. The lowest BCUT2D eigenvalue weighted by atomic mass is 10.0. The molecule has 2 atom stereocenters. The van der Waals surface area contributed by atoms with Crippen molar-refractivity contribution in [1.29, 1.82) is 0 Å². The summed E-state index contributed by atoms with van der Waals surface area (Å²) in [5.41, 5.74) is 0. The molecule has 1 aliphatic rings. The number of carbonyl (C=O) groups excluding carboxylic acids is 1. The van der Waals surface area contributed by atoms with Gasteiger partial charge in [0, 0.05) is 10.6 Å². The fourth-order valence-electron chi connectivity index (χ4n) is 1.08. The van der Waals surface area contributed by atoms with Crippen LogP contribution in [0.3, 0.4) is 0 Å². The van der Waals surface area contributed by atoms with Gasteiger partial charge in [0.2, 0.25) is 0 Å². The largest absolute Gasteiger partial charge is 0.450 e. The Hall–Kier alpha value is 0.210. The van der Waals surface area contributed by atoms with Gasteiger partial charge in [-0.25, -0.2) is 0 Å². The molecule has 0 amide bonds. The molecule has 1 N–H and O–H groups in total. The van der Waals surface area contributed by atoms with Gasteiger partial charge in [0.25, 0.3) is 0 Å². The van der Waals surface area contributed by atoms with Gasteiger partial charge in [-0.3, -0.25) is 10.1 Å². The minimum Gasteiger partial charge on any atom is -0.450 e. The number of rotatable bonds is 1. The second-order valence-corrected chi connectivity index (χ2v) is 4.83. The van der Waals surface area contributed by atoms with Crippen LogP contribution in [0.4, 0.5) is 0 Å². The summed E-state index contributed by atoms with van der Waals surface area (Å²) in [4.78, 5) is 11.1. The van der Waals surface area contributed by atoms with E-state index in [-0.39, 0.29) is 16.8 Å². The first-order chi connectivity index (χ1) is 5.08. The zero-order valence-corrected chi connectivity index (χ0v) is 8.56. The maximum absolute atomic E-state index is 11.1. The molecule has 0 aliphatic carbocycles. The highest BCUT2D eigenvalue weighted by molar-refractivity contribution is 8.00. The number of carbonyl (C=O) groups is 1. The normalized spacial score (nSPS) is 28.5. The van der Waals surface area contributed by atoms with E-state index < -0.39 is 0 Å². The molecule has 1 aliphatic heterocycles. The quantitative estimate of drug-likeness (QED) is 0.624. The van der Waals surface area contributed by atoms with Gasteiger partial charge in [-0.2, -0.15) is 0 Å². The Balaban J connectivity index is 2.64. The third-order valence-corrected chi connectivity index (χ3v) is 3.30. The number of hydrogen-bond acceptors (Lipinski definition) is 4. The van der Waals surface area contributed by atoms with Crippen molar-refractivity contribution in [2.24, 2.45) is 0 Å². The van der Waals surface area contributed by atoms with Crippen molar-refractivity contribution in [3.63, 3.8) is 0 Å². The highest BCUT2D eigenvalue weighted by atomic mass is 32.2. The summed E-state index contributed by atoms with van der Waals surface area (Å²) >= 11 is 1.73. The van der Waals surface area contributed by atoms with Gasteiger partial charge in [0.1, 0.15) is 6.04 Å². The van der Waals surface area contributed by atoms with E-state index in [0.717, 1.165) is 5.88 Å². The van der Waals surface area contributed by atoms with Crippen molar-refractivity contribution < 1.29 is 9.32 Å². The Kier molecular flexibility index (Phi) is 2.79. The van der Waals surface area contributed by atoms with Crippen LogP contribution in [-0.2, 0) is 9.32 Å². The molecule has 0 aromatic rings. The molecule has 11 heavy (non-hydrogen) atoms. The summed E-state index contributed by atoms with van der Waals surface area (Å²) in [6.07, 6.45) is 0. The molecule has 1 unspecified atom stereocenters. The maximum Gasteiger partial charge on any atom is 0.326 e. The predicted octanol–water partition coefficient (Wildman–Crippen LogP) is 0.761. The van der Waals surface area contributed by atoms with Gasteiger partial charge in [0.15, 0.2) is 0 Å². The third-order valence-electron chi connectivity index (χ3n) is 1.78. The molecule has 5 heteroatoms. The van der Waals surface area contributed by atoms with E-state index in [0.29, 0.717) is 0 Å². The van der Waals surface area contributed by atoms with Gasteiger partial charge in [-0.05, 0) is 13.8 Å². The zero-order chi connectivity index (χ0) is 8.48. The van der Waals surface area contributed by atoms with Crippen LogP contribution in [0, 0.1) is 0 Å². The number of nitrogens with one attached hydrogen (secondary N) is 1. The third kappa shape index (κ3) is 1.86. The molecule has 0 bridgehead atoms. The molecule has 0 aromatic carbocycles. The van der Waals surface area contributed by atoms with Crippen LogP contribution in [0.15, 0.2) is 0 Å². The molecule has 64 valence electrons. The summed E-state index contributed by atoms with van der Waals surface area (Å²) < 4.78 is 4.52. The first kappa shape index (κ1) is 9.30. The lowest BCUT2D eigenvalue weighted by Crippen LogP contribution is -2.43. The molecular formula is C6H12NO2PS. The minimum atomic E-state index is -0.204. The van der Waals surface area contributed by atoms with Gasteiger partial charge in [0.05, 0.1) is 9.47 Å². The lowest BCUT2D eigenvalue weighted by Gasteiger charge is -2.22. The Labute approximate surface area is 72.9 Å². The van der Waals surface area contributed by atoms with Crippen LogP contribution in [-0.4, -0.2) is 22.6 Å². The molecule has 0 saturated carbocycles. The van der Waals surface area contributed by atoms with E-state index in [9.17, 15) is 4.79 Å². The molecular weight excluding hydrogens is 181 g/mol. The summed E-state index contributed by atoms with van der Waals surface area (Å²) in [6, 6.07) is -0.176. The van der Waals surface area contributed by atoms with Crippen LogP contribution in [0.25, 0.3) is 0 Å². The molecule has 1 saturated heterocycles. The van der Waals surface area contributed by atoms with E-state index in [1.54, 1.807) is 11.8 Å². The van der Waals surface area contributed by atoms with Crippen molar-refractivity contribution >= 4 is 27.2 Å². The fraction of sp³-hybridized carbons (Fsp3) is 0.833. The van der Waals surface area contributed by atoms with E-state index in [4.69, 9.17) is 0 Å². The predicted molar refractivity (Wildman–Crippen MR) is 49.3 cm³/mol. The zero-order valence-electron chi connectivity index (χ0n) is 6.59. The average Bonchev–Trinajstić information content (AvgIpc) is 2.28. The second kappa shape index (κ2) is 3.30. The van der Waals surface area contributed by atoms with Crippen molar-refractivity contribution in [2.45, 2.75) is 24.6 Å². The molecule has 0 radical (unpaired) electrons. The Morgan fingerprint density at radius 3 is 2.82 bits per heavy atom. The molecule has 0 spiro atoms. The van der Waals surface area contributed by atoms with Crippen LogP contribution in [0.5, 0.6) is 0 Å². The van der Waals surface area contributed by atoms with Crippen LogP contribution < -0.4 is 5.32 Å². The van der Waals surface area contributed by atoms with E-state index in [1.807, 2.05) is 23.3 Å². The lowest BCUT2D eigenvalue weighted by molar-refractivity contribution is -0.135. The second-order valence-electron chi connectivity index (χ2n) is 2.97. The Morgan fingerprint density at radius 2 is 2.45 bits per heavy atom. The van der Waals surface area contributed by atoms with Crippen molar-refractivity contribution in [1.82, 2.24) is 5.32 Å². The first-order valence-electron chi connectivity index (χ1n) is 3.36. The SMILES string of the molecule is CC1(C)SCN[C@H]1C(=O)OP. The molecule has 1 heterocycles. The van der Waals surface area contributed by atoms with E-state index >= 15 is 0 Å². The van der Waals surface area contributed by atoms with Gasteiger partial charge in [-0.1, -0.05) is 0 Å². The molecule has 1 fully saturated rings. The smallest absolute Gasteiger partial charge is 0.326 e. The monoisotopic (exact) mass is 193 g/mol. The topological polar surface area (TPSA) is 38.3 Å². The molecule has 0 aromatic heterocycles. The van der Waals surface area contributed by atoms with Crippen molar-refractivity contribution in [2.75, 3.05) is 5.88 Å². The standard InChI is InChI=1S/C6H12NO2PS/c1-6(2)4(5(8)9-10)7-3-11-6/h4,7H,3,10H2,1-2H3/t4-/m0/s1. The summed E-state index contributed by atoms with van der Waals surface area (Å²) in [7, 11) is 1.98. The van der Waals surface area contributed by atoms with Gasteiger partial charge < -0.3 is 4.52 Å². The maximum atomic E-state index is 11.1. The summed E-state index contributed by atoms with van der Waals surface area (Å²) in [5.74, 6) is 0.613. The van der Waals surface area contributed by atoms with Crippen molar-refractivity contribution in [3.8, 4) is 0 Å². The van der Waals surface area contributed by atoms with Crippen LogP contribution >= 0.6 is 21.2 Å².